The summed E-state index contributed by atoms with van der Waals surface area (Å²) in [5, 5.41) is 8.29. The van der Waals surface area contributed by atoms with Crippen LogP contribution in [-0.2, 0) is 11.0 Å². The van der Waals surface area contributed by atoms with Crippen LogP contribution in [-0.4, -0.2) is 11.1 Å². The molecule has 2 nitrogen and oxygen atoms in total. The summed E-state index contributed by atoms with van der Waals surface area (Å²) >= 11 is 0. The van der Waals surface area contributed by atoms with Crippen molar-refractivity contribution in [1.82, 2.24) is 0 Å². The molecule has 0 aromatic heterocycles. The van der Waals surface area contributed by atoms with Crippen LogP contribution in [0.3, 0.4) is 0 Å². The Morgan fingerprint density at radius 3 is 2.13 bits per heavy atom. The van der Waals surface area contributed by atoms with Gasteiger partial charge in [-0.3, -0.25) is 0 Å². The predicted molar refractivity (Wildman–Crippen MR) is 48.1 cm³/mol. The van der Waals surface area contributed by atoms with Gasteiger partial charge in [-0.25, -0.2) is 4.79 Å². The van der Waals surface area contributed by atoms with E-state index in [2.05, 4.69) is 0 Å². The minimum atomic E-state index is -4.37. The molecule has 0 aliphatic carbocycles. The molecule has 1 rings (SSSR count). The maximum absolute atomic E-state index is 12.1. The van der Waals surface area contributed by atoms with Crippen molar-refractivity contribution in [3.8, 4) is 0 Å². The quantitative estimate of drug-likeness (QED) is 0.610. The van der Waals surface area contributed by atoms with Gasteiger partial charge in [-0.05, 0) is 23.8 Å². The molecule has 0 spiro atoms. The maximum atomic E-state index is 12.1. The van der Waals surface area contributed by atoms with E-state index in [1.54, 1.807) is 0 Å². The molecule has 0 atom stereocenters. The molecular formula is C10H7F3O2. The summed E-state index contributed by atoms with van der Waals surface area (Å²) in [7, 11) is 0. The third kappa shape index (κ3) is 3.46. The van der Waals surface area contributed by atoms with Crippen molar-refractivity contribution in [2.75, 3.05) is 0 Å². The van der Waals surface area contributed by atoms with E-state index in [1.165, 1.54) is 18.2 Å². The Morgan fingerprint density at radius 1 is 1.20 bits per heavy atom. The van der Waals surface area contributed by atoms with E-state index in [0.29, 0.717) is 5.56 Å². The first-order chi connectivity index (χ1) is 6.89. The second-order valence-corrected chi connectivity index (χ2v) is 2.79. The Balaban J connectivity index is 2.86. The third-order valence-electron chi connectivity index (χ3n) is 1.66. The normalized spacial score (nSPS) is 11.9. The number of carboxylic acids is 1. The van der Waals surface area contributed by atoms with Crippen LogP contribution in [0.15, 0.2) is 30.3 Å². The SMILES string of the molecule is O=[13C](O)/C=C/c1ccc(C(F)(F)F)cc1. The number of carboxylic acid groups (broad SMARTS) is 1. The van der Waals surface area contributed by atoms with Crippen molar-refractivity contribution >= 4 is 12.0 Å². The molecule has 1 aromatic carbocycles. The smallest absolute Gasteiger partial charge is 0.416 e. The van der Waals surface area contributed by atoms with Crippen molar-refractivity contribution < 1.29 is 23.1 Å². The lowest BCUT2D eigenvalue weighted by atomic mass is 10.1. The van der Waals surface area contributed by atoms with E-state index >= 15 is 0 Å². The van der Waals surface area contributed by atoms with E-state index in [0.717, 1.165) is 18.2 Å². The number of benzene rings is 1. The van der Waals surface area contributed by atoms with Crippen molar-refractivity contribution in [2.24, 2.45) is 0 Å². The van der Waals surface area contributed by atoms with E-state index in [9.17, 15) is 18.0 Å². The zero-order valence-electron chi connectivity index (χ0n) is 7.45. The van der Waals surface area contributed by atoms with Crippen LogP contribution < -0.4 is 0 Å². The van der Waals surface area contributed by atoms with Crippen molar-refractivity contribution in [2.45, 2.75) is 6.18 Å². The van der Waals surface area contributed by atoms with Gasteiger partial charge >= 0.3 is 12.1 Å². The van der Waals surface area contributed by atoms with Gasteiger partial charge in [-0.1, -0.05) is 12.1 Å². The number of aliphatic carboxylic acids is 1. The van der Waals surface area contributed by atoms with Gasteiger partial charge in [0.05, 0.1) is 5.56 Å². The Labute approximate surface area is 83.7 Å². The van der Waals surface area contributed by atoms with Crippen LogP contribution in [0.1, 0.15) is 11.1 Å². The van der Waals surface area contributed by atoms with Crippen molar-refractivity contribution in [3.63, 3.8) is 0 Å². The number of carbonyl (C=O) groups is 1. The van der Waals surface area contributed by atoms with Crippen molar-refractivity contribution in [3.05, 3.63) is 41.5 Å². The maximum Gasteiger partial charge on any atom is 0.416 e. The predicted octanol–water partition coefficient (Wildman–Crippen LogP) is 2.80. The molecule has 15 heavy (non-hydrogen) atoms. The highest BCUT2D eigenvalue weighted by Gasteiger charge is 2.29. The largest absolute Gasteiger partial charge is 0.478 e. The number of hydrogen-bond donors (Lipinski definition) is 1. The van der Waals surface area contributed by atoms with Gasteiger partial charge in [0, 0.05) is 6.08 Å². The summed E-state index contributed by atoms with van der Waals surface area (Å²) in [6.07, 6.45) is -2.28. The first kappa shape index (κ1) is 11.3. The molecule has 0 saturated heterocycles. The molecule has 0 heterocycles. The third-order valence-corrected chi connectivity index (χ3v) is 1.66. The molecule has 80 valence electrons. The average Bonchev–Trinajstić information content (AvgIpc) is 2.14. The van der Waals surface area contributed by atoms with Gasteiger partial charge in [0.1, 0.15) is 0 Å². The van der Waals surface area contributed by atoms with Gasteiger partial charge in [0.25, 0.3) is 0 Å². The first-order valence-electron chi connectivity index (χ1n) is 3.98. The van der Waals surface area contributed by atoms with Gasteiger partial charge in [0.15, 0.2) is 0 Å². The zero-order valence-corrected chi connectivity index (χ0v) is 7.45. The van der Waals surface area contributed by atoms with Crippen LogP contribution in [0.2, 0.25) is 0 Å². The standard InChI is InChI=1S/C10H7F3O2/c11-10(12,13)8-4-1-7(2-5-8)3-6-9(14)15/h1-6H,(H,14,15)/b6-3+/i9+1. The minimum Gasteiger partial charge on any atom is -0.478 e. The van der Waals surface area contributed by atoms with E-state index in [1.807, 2.05) is 0 Å². The number of rotatable bonds is 2. The highest BCUT2D eigenvalue weighted by atomic mass is 19.4. The van der Waals surface area contributed by atoms with Crippen molar-refractivity contribution in [1.29, 1.82) is 0 Å². The Morgan fingerprint density at radius 2 is 1.73 bits per heavy atom. The first-order valence-corrected chi connectivity index (χ1v) is 3.98. The number of alkyl halides is 3. The van der Waals surface area contributed by atoms with Crippen LogP contribution in [0.5, 0.6) is 0 Å². The fraction of sp³-hybridized carbons (Fsp3) is 0.100. The average molecular weight is 217 g/mol. The molecule has 5 heteroatoms. The highest BCUT2D eigenvalue weighted by molar-refractivity contribution is 5.85. The molecule has 1 aromatic rings. The van der Waals surface area contributed by atoms with Gasteiger partial charge in [-0.15, -0.1) is 0 Å². The molecule has 0 radical (unpaired) electrons. The lowest BCUT2D eigenvalue weighted by Crippen LogP contribution is -2.03. The Kier molecular flexibility index (Phi) is 3.14. The van der Waals surface area contributed by atoms with Gasteiger partial charge in [-0.2, -0.15) is 13.2 Å². The van der Waals surface area contributed by atoms with E-state index in [4.69, 9.17) is 5.11 Å². The molecule has 0 unspecified atom stereocenters. The molecule has 0 aliphatic rings. The number of hydrogen-bond acceptors (Lipinski definition) is 1. The fourth-order valence-corrected chi connectivity index (χ4v) is 0.951. The molecule has 0 aliphatic heterocycles. The van der Waals surface area contributed by atoms with Gasteiger partial charge in [0.2, 0.25) is 0 Å². The second kappa shape index (κ2) is 4.16. The highest BCUT2D eigenvalue weighted by Crippen LogP contribution is 2.29. The monoisotopic (exact) mass is 217 g/mol. The Bertz CT molecular complexity index is 377. The van der Waals surface area contributed by atoms with Crippen LogP contribution in [0, 0.1) is 0 Å². The van der Waals surface area contributed by atoms with Crippen LogP contribution >= 0.6 is 0 Å². The molecule has 1 N–H and O–H groups in total. The van der Waals surface area contributed by atoms with E-state index in [-0.39, 0.29) is 0 Å². The molecule has 0 fully saturated rings. The fourth-order valence-electron chi connectivity index (χ4n) is 0.951. The lowest BCUT2D eigenvalue weighted by Gasteiger charge is -2.05. The topological polar surface area (TPSA) is 37.3 Å². The van der Waals surface area contributed by atoms with Crippen LogP contribution in [0.4, 0.5) is 13.2 Å². The van der Waals surface area contributed by atoms with E-state index < -0.39 is 17.7 Å². The summed E-state index contributed by atoms with van der Waals surface area (Å²) in [6.45, 7) is 0. The molecule has 0 amide bonds. The van der Waals surface area contributed by atoms with Crippen LogP contribution in [0.25, 0.3) is 6.08 Å². The molecular weight excluding hydrogens is 210 g/mol. The number of halogens is 3. The second-order valence-electron chi connectivity index (χ2n) is 2.79. The summed E-state index contributed by atoms with van der Waals surface area (Å²) in [5.41, 5.74) is -0.347. The van der Waals surface area contributed by atoms with Gasteiger partial charge < -0.3 is 5.11 Å². The summed E-state index contributed by atoms with van der Waals surface area (Å²) < 4.78 is 36.4. The summed E-state index contributed by atoms with van der Waals surface area (Å²) in [6, 6.07) is 4.23. The minimum absolute atomic E-state index is 0.408. The molecule has 0 bridgehead atoms. The molecule has 0 saturated carbocycles. The Hall–Kier alpha value is -1.78. The summed E-state index contributed by atoms with van der Waals surface area (Å²) in [4.78, 5) is 10.1. The zero-order chi connectivity index (χ0) is 11.5. The summed E-state index contributed by atoms with van der Waals surface area (Å²) in [5.74, 6) is -1.14. The lowest BCUT2D eigenvalue weighted by molar-refractivity contribution is -0.137.